The van der Waals surface area contributed by atoms with Crippen molar-refractivity contribution in [2.75, 3.05) is 20.6 Å². The van der Waals surface area contributed by atoms with Gasteiger partial charge in [-0.1, -0.05) is 0 Å². The predicted molar refractivity (Wildman–Crippen MR) is 54.6 cm³/mol. The molecule has 0 aromatic carbocycles. The van der Waals surface area contributed by atoms with Gasteiger partial charge in [0.15, 0.2) is 0 Å². The zero-order chi connectivity index (χ0) is 11.4. The molecule has 0 aromatic rings. The van der Waals surface area contributed by atoms with Crippen molar-refractivity contribution in [1.29, 1.82) is 0 Å². The summed E-state index contributed by atoms with van der Waals surface area (Å²) in [6.07, 6.45) is 0.300. The van der Waals surface area contributed by atoms with Gasteiger partial charge in [0, 0.05) is 27.1 Å². The molecule has 0 bridgehead atoms. The van der Waals surface area contributed by atoms with Gasteiger partial charge in [0.2, 0.25) is 11.8 Å². The van der Waals surface area contributed by atoms with Crippen LogP contribution in [0.3, 0.4) is 0 Å². The molecule has 14 heavy (non-hydrogen) atoms. The summed E-state index contributed by atoms with van der Waals surface area (Å²) in [4.78, 5) is 23.9. The van der Waals surface area contributed by atoms with Crippen LogP contribution in [0.5, 0.6) is 0 Å². The van der Waals surface area contributed by atoms with Crippen LogP contribution in [0.15, 0.2) is 0 Å². The van der Waals surface area contributed by atoms with Crippen molar-refractivity contribution in [2.45, 2.75) is 25.8 Å². The van der Waals surface area contributed by atoms with E-state index >= 15 is 0 Å². The van der Waals surface area contributed by atoms with Gasteiger partial charge >= 0.3 is 0 Å². The number of hydrogen-bond acceptors (Lipinski definition) is 3. The Labute approximate surface area is 84.6 Å². The largest absolute Gasteiger partial charge is 0.354 e. The van der Waals surface area contributed by atoms with Crippen molar-refractivity contribution in [3.8, 4) is 0 Å². The van der Waals surface area contributed by atoms with E-state index in [4.69, 9.17) is 5.73 Å². The van der Waals surface area contributed by atoms with Gasteiger partial charge in [-0.05, 0) is 13.8 Å². The van der Waals surface area contributed by atoms with Gasteiger partial charge in [-0.2, -0.15) is 0 Å². The van der Waals surface area contributed by atoms with Gasteiger partial charge < -0.3 is 16.0 Å². The van der Waals surface area contributed by atoms with Crippen LogP contribution in [0.4, 0.5) is 0 Å². The third-order valence-corrected chi connectivity index (χ3v) is 1.71. The molecule has 0 radical (unpaired) electrons. The van der Waals surface area contributed by atoms with Crippen LogP contribution in [0.2, 0.25) is 0 Å². The minimum absolute atomic E-state index is 0.0138. The molecule has 0 atom stereocenters. The van der Waals surface area contributed by atoms with Crippen LogP contribution in [0.1, 0.15) is 20.3 Å². The molecule has 0 aromatic heterocycles. The summed E-state index contributed by atoms with van der Waals surface area (Å²) in [6, 6.07) is 0. The third-order valence-electron chi connectivity index (χ3n) is 1.71. The average Bonchev–Trinajstić information content (AvgIpc) is 2.01. The standard InChI is InChI=1S/C9H19N3O2/c1-9(2,10)8(14)11-6-5-7(13)12(3)4/h5-6,10H2,1-4H3,(H,11,14). The Balaban J connectivity index is 3.76. The van der Waals surface area contributed by atoms with Gasteiger partial charge in [0.05, 0.1) is 5.54 Å². The lowest BCUT2D eigenvalue weighted by atomic mass is 10.1. The van der Waals surface area contributed by atoms with E-state index in [9.17, 15) is 9.59 Å². The van der Waals surface area contributed by atoms with Crippen LogP contribution >= 0.6 is 0 Å². The summed E-state index contributed by atoms with van der Waals surface area (Å²) >= 11 is 0. The summed E-state index contributed by atoms with van der Waals surface area (Å²) in [6.45, 7) is 3.57. The van der Waals surface area contributed by atoms with E-state index in [1.165, 1.54) is 4.90 Å². The fourth-order valence-corrected chi connectivity index (χ4v) is 0.734. The molecule has 0 heterocycles. The van der Waals surface area contributed by atoms with Gasteiger partial charge in [-0.15, -0.1) is 0 Å². The Morgan fingerprint density at radius 1 is 1.36 bits per heavy atom. The Morgan fingerprint density at radius 2 is 1.86 bits per heavy atom. The van der Waals surface area contributed by atoms with Gasteiger partial charge in [-0.25, -0.2) is 0 Å². The molecule has 2 amide bonds. The van der Waals surface area contributed by atoms with Crippen molar-refractivity contribution in [1.82, 2.24) is 10.2 Å². The SMILES string of the molecule is CN(C)C(=O)CCNC(=O)C(C)(C)N. The molecule has 5 heteroatoms. The van der Waals surface area contributed by atoms with E-state index in [-0.39, 0.29) is 11.8 Å². The van der Waals surface area contributed by atoms with Crippen LogP contribution < -0.4 is 11.1 Å². The minimum atomic E-state index is -0.888. The molecule has 0 saturated carbocycles. The number of amides is 2. The number of nitrogens with two attached hydrogens (primary N) is 1. The Kier molecular flexibility index (Phi) is 4.56. The number of carbonyl (C=O) groups excluding carboxylic acids is 2. The minimum Gasteiger partial charge on any atom is -0.354 e. The van der Waals surface area contributed by atoms with E-state index in [1.807, 2.05) is 0 Å². The van der Waals surface area contributed by atoms with Gasteiger partial charge in [-0.3, -0.25) is 9.59 Å². The molecule has 0 spiro atoms. The third kappa shape index (κ3) is 4.81. The van der Waals surface area contributed by atoms with Crippen LogP contribution in [0.25, 0.3) is 0 Å². The van der Waals surface area contributed by atoms with E-state index in [0.29, 0.717) is 13.0 Å². The molecule has 0 aliphatic heterocycles. The maximum atomic E-state index is 11.3. The summed E-state index contributed by atoms with van der Waals surface area (Å²) in [5.41, 5.74) is 4.66. The van der Waals surface area contributed by atoms with Crippen molar-refractivity contribution in [3.05, 3.63) is 0 Å². The molecule has 0 rings (SSSR count). The fourth-order valence-electron chi connectivity index (χ4n) is 0.734. The predicted octanol–water partition coefficient (Wildman–Crippen LogP) is -0.682. The summed E-state index contributed by atoms with van der Waals surface area (Å²) in [5.74, 6) is -0.260. The van der Waals surface area contributed by atoms with Crippen molar-refractivity contribution in [3.63, 3.8) is 0 Å². The van der Waals surface area contributed by atoms with E-state index in [0.717, 1.165) is 0 Å². The molecule has 3 N–H and O–H groups in total. The first kappa shape index (κ1) is 12.9. The Hall–Kier alpha value is -1.10. The number of carbonyl (C=O) groups is 2. The first-order valence-electron chi connectivity index (χ1n) is 4.52. The number of nitrogens with one attached hydrogen (secondary N) is 1. The fraction of sp³-hybridized carbons (Fsp3) is 0.778. The molecule has 0 aliphatic rings. The van der Waals surface area contributed by atoms with Crippen LogP contribution in [-0.2, 0) is 9.59 Å². The molecular formula is C9H19N3O2. The molecule has 82 valence electrons. The second-order valence-electron chi connectivity index (χ2n) is 4.02. The highest BCUT2D eigenvalue weighted by Crippen LogP contribution is 1.95. The summed E-state index contributed by atoms with van der Waals surface area (Å²) in [7, 11) is 3.36. The lowest BCUT2D eigenvalue weighted by Crippen LogP contribution is -2.49. The monoisotopic (exact) mass is 201 g/mol. The lowest BCUT2D eigenvalue weighted by molar-refractivity contribution is -0.129. The average molecular weight is 201 g/mol. The maximum absolute atomic E-state index is 11.3. The number of hydrogen-bond donors (Lipinski definition) is 2. The zero-order valence-corrected chi connectivity index (χ0v) is 9.26. The molecular weight excluding hydrogens is 182 g/mol. The molecule has 5 nitrogen and oxygen atoms in total. The Morgan fingerprint density at radius 3 is 2.21 bits per heavy atom. The summed E-state index contributed by atoms with van der Waals surface area (Å²) < 4.78 is 0. The van der Waals surface area contributed by atoms with Crippen molar-refractivity contribution < 1.29 is 9.59 Å². The highest BCUT2D eigenvalue weighted by atomic mass is 16.2. The number of nitrogens with zero attached hydrogens (tertiary/aromatic N) is 1. The van der Waals surface area contributed by atoms with Crippen molar-refractivity contribution >= 4 is 11.8 Å². The van der Waals surface area contributed by atoms with Gasteiger partial charge in [0.1, 0.15) is 0 Å². The first-order valence-corrected chi connectivity index (χ1v) is 4.52. The quantitative estimate of drug-likeness (QED) is 0.632. The Bertz CT molecular complexity index is 219. The molecule has 0 aliphatic carbocycles. The van der Waals surface area contributed by atoms with E-state index in [2.05, 4.69) is 5.32 Å². The smallest absolute Gasteiger partial charge is 0.239 e. The second-order valence-corrected chi connectivity index (χ2v) is 4.02. The second kappa shape index (κ2) is 4.95. The molecule has 0 saturated heterocycles. The zero-order valence-electron chi connectivity index (χ0n) is 9.26. The lowest BCUT2D eigenvalue weighted by Gasteiger charge is -2.18. The highest BCUT2D eigenvalue weighted by molar-refractivity contribution is 5.85. The maximum Gasteiger partial charge on any atom is 0.239 e. The molecule has 0 fully saturated rings. The topological polar surface area (TPSA) is 75.4 Å². The van der Waals surface area contributed by atoms with E-state index in [1.54, 1.807) is 27.9 Å². The van der Waals surface area contributed by atoms with E-state index < -0.39 is 5.54 Å². The number of rotatable bonds is 4. The summed E-state index contributed by atoms with van der Waals surface area (Å²) in [5, 5.41) is 2.60. The highest BCUT2D eigenvalue weighted by Gasteiger charge is 2.21. The van der Waals surface area contributed by atoms with Crippen LogP contribution in [0, 0.1) is 0 Å². The van der Waals surface area contributed by atoms with Crippen molar-refractivity contribution in [2.24, 2.45) is 5.73 Å². The van der Waals surface area contributed by atoms with Crippen LogP contribution in [-0.4, -0.2) is 42.9 Å². The normalized spacial score (nSPS) is 10.9. The first-order chi connectivity index (χ1) is 6.25. The molecule has 0 unspecified atom stereocenters. The van der Waals surface area contributed by atoms with Gasteiger partial charge in [0.25, 0.3) is 0 Å².